The minimum atomic E-state index is -3.58. The molecule has 0 unspecified atom stereocenters. The second kappa shape index (κ2) is 7.77. The molecular formula is C17H20ClN3O4S. The average Bonchev–Trinajstić information content (AvgIpc) is 3.04. The van der Waals surface area contributed by atoms with Crippen molar-refractivity contribution in [2.75, 3.05) is 13.1 Å². The molecule has 26 heavy (non-hydrogen) atoms. The van der Waals surface area contributed by atoms with E-state index in [-0.39, 0.29) is 19.0 Å². The highest BCUT2D eigenvalue weighted by Crippen LogP contribution is 2.20. The maximum Gasteiger partial charge on any atom is 0.253 e. The summed E-state index contributed by atoms with van der Waals surface area (Å²) in [7, 11) is -3.58. The Morgan fingerprint density at radius 1 is 1.46 bits per heavy atom. The summed E-state index contributed by atoms with van der Waals surface area (Å²) in [5, 5.41) is -0.187. The van der Waals surface area contributed by atoms with Crippen LogP contribution in [0.1, 0.15) is 34.7 Å². The third-order valence-electron chi connectivity index (χ3n) is 4.46. The number of nitrogens with one attached hydrogen (secondary N) is 1. The lowest BCUT2D eigenvalue weighted by molar-refractivity contribution is 0.0726. The van der Waals surface area contributed by atoms with Gasteiger partial charge in [0.25, 0.3) is 5.91 Å². The molecule has 1 saturated heterocycles. The van der Waals surface area contributed by atoms with Crippen molar-refractivity contribution in [1.82, 2.24) is 14.6 Å². The summed E-state index contributed by atoms with van der Waals surface area (Å²) in [6, 6.07) is 6.67. The largest absolute Gasteiger partial charge is 0.448 e. The predicted molar refractivity (Wildman–Crippen MR) is 97.4 cm³/mol. The first-order chi connectivity index (χ1) is 12.4. The van der Waals surface area contributed by atoms with E-state index in [1.807, 2.05) is 0 Å². The van der Waals surface area contributed by atoms with Crippen LogP contribution in [0.15, 0.2) is 35.1 Å². The summed E-state index contributed by atoms with van der Waals surface area (Å²) < 4.78 is 32.9. The first kappa shape index (κ1) is 18.9. The Labute approximate surface area is 157 Å². The Balaban J connectivity index is 1.67. The number of aryl methyl sites for hydroxylation is 1. The predicted octanol–water partition coefficient (Wildman–Crippen LogP) is 2.36. The van der Waals surface area contributed by atoms with Crippen molar-refractivity contribution in [2.24, 2.45) is 0 Å². The van der Waals surface area contributed by atoms with Gasteiger partial charge in [0.15, 0.2) is 6.39 Å². The summed E-state index contributed by atoms with van der Waals surface area (Å²) in [5.74, 6) is 0.369. The molecule has 1 aromatic carbocycles. The molecule has 1 fully saturated rings. The van der Waals surface area contributed by atoms with Crippen LogP contribution in [0, 0.1) is 6.92 Å². The van der Waals surface area contributed by atoms with Gasteiger partial charge in [-0.2, -0.15) is 0 Å². The molecule has 140 valence electrons. The Morgan fingerprint density at radius 3 is 2.96 bits per heavy atom. The second-order valence-electron chi connectivity index (χ2n) is 6.25. The van der Waals surface area contributed by atoms with E-state index in [4.69, 9.17) is 16.0 Å². The second-order valence-corrected chi connectivity index (χ2v) is 8.73. The first-order valence-electron chi connectivity index (χ1n) is 8.29. The van der Waals surface area contributed by atoms with Gasteiger partial charge in [-0.05, 0) is 38.0 Å². The number of aromatic nitrogens is 1. The number of hydrogen-bond acceptors (Lipinski definition) is 5. The average molecular weight is 398 g/mol. The maximum atomic E-state index is 12.6. The molecule has 1 aliphatic rings. The molecule has 0 saturated carbocycles. The molecule has 9 heteroatoms. The highest BCUT2D eigenvalue weighted by Gasteiger charge is 2.33. The van der Waals surface area contributed by atoms with Crippen LogP contribution in [-0.2, 0) is 16.6 Å². The molecule has 0 radical (unpaired) electrons. The van der Waals surface area contributed by atoms with Crippen molar-refractivity contribution in [3.63, 3.8) is 0 Å². The van der Waals surface area contributed by atoms with Gasteiger partial charge in [0.05, 0.1) is 17.5 Å². The Kier molecular flexibility index (Phi) is 5.64. The molecular weight excluding hydrogens is 378 g/mol. The van der Waals surface area contributed by atoms with Crippen molar-refractivity contribution in [1.29, 1.82) is 0 Å². The number of likely N-dealkylation sites (tertiary alicyclic amines) is 1. The molecule has 1 atom stereocenters. The molecule has 1 N–H and O–H groups in total. The van der Waals surface area contributed by atoms with Crippen LogP contribution in [0.2, 0.25) is 5.02 Å². The van der Waals surface area contributed by atoms with Crippen molar-refractivity contribution >= 4 is 27.5 Å². The number of carbonyl (C=O) groups is 1. The highest BCUT2D eigenvalue weighted by molar-refractivity contribution is 7.90. The van der Waals surface area contributed by atoms with Gasteiger partial charge in [-0.25, -0.2) is 18.1 Å². The van der Waals surface area contributed by atoms with Gasteiger partial charge in [-0.15, -0.1) is 0 Å². The fourth-order valence-electron chi connectivity index (χ4n) is 2.96. The van der Waals surface area contributed by atoms with Crippen LogP contribution in [-0.4, -0.2) is 42.5 Å². The number of sulfonamides is 1. The van der Waals surface area contributed by atoms with Crippen molar-refractivity contribution in [3.8, 4) is 0 Å². The van der Waals surface area contributed by atoms with Crippen LogP contribution in [0.3, 0.4) is 0 Å². The zero-order chi connectivity index (χ0) is 18.7. The lowest BCUT2D eigenvalue weighted by atomic mass is 10.1. The molecule has 7 nitrogen and oxygen atoms in total. The topological polar surface area (TPSA) is 92.5 Å². The summed E-state index contributed by atoms with van der Waals surface area (Å²) >= 11 is 5.94. The standard InChI is InChI=1S/C17H20ClN3O4S/c1-12-16(19-11-25-12)9-20-26(23,24)15-6-3-7-21(10-15)17(22)13-4-2-5-14(18)8-13/h2,4-5,8,11,15,20H,3,6-7,9-10H2,1H3/t15-/m0/s1. The molecule has 2 aromatic rings. The van der Waals surface area contributed by atoms with Crippen LogP contribution in [0.4, 0.5) is 0 Å². The normalized spacial score (nSPS) is 18.1. The lowest BCUT2D eigenvalue weighted by Crippen LogP contribution is -2.48. The Hall–Kier alpha value is -1.90. The monoisotopic (exact) mass is 397 g/mol. The zero-order valence-electron chi connectivity index (χ0n) is 14.3. The maximum absolute atomic E-state index is 12.6. The SMILES string of the molecule is Cc1ocnc1CNS(=O)(=O)[C@H]1CCCN(C(=O)c2cccc(Cl)c2)C1. The van der Waals surface area contributed by atoms with Crippen LogP contribution >= 0.6 is 11.6 Å². The first-order valence-corrected chi connectivity index (χ1v) is 10.2. The van der Waals surface area contributed by atoms with Gasteiger partial charge in [0.2, 0.25) is 10.0 Å². The number of piperidine rings is 1. The smallest absolute Gasteiger partial charge is 0.253 e. The summed E-state index contributed by atoms with van der Waals surface area (Å²) in [6.45, 7) is 2.48. The molecule has 0 aliphatic carbocycles. The number of nitrogens with zero attached hydrogens (tertiary/aromatic N) is 2. The number of carbonyl (C=O) groups excluding carboxylic acids is 1. The van der Waals surface area contributed by atoms with E-state index in [0.29, 0.717) is 41.4 Å². The number of rotatable bonds is 5. The number of oxazole rings is 1. The molecule has 1 aromatic heterocycles. The minimum Gasteiger partial charge on any atom is -0.448 e. The molecule has 2 heterocycles. The Morgan fingerprint density at radius 2 is 2.27 bits per heavy atom. The van der Waals surface area contributed by atoms with E-state index >= 15 is 0 Å². The highest BCUT2D eigenvalue weighted by atomic mass is 35.5. The van der Waals surface area contributed by atoms with Gasteiger partial charge in [0.1, 0.15) is 5.76 Å². The van der Waals surface area contributed by atoms with Crippen LogP contribution in [0.5, 0.6) is 0 Å². The molecule has 1 amide bonds. The summed E-state index contributed by atoms with van der Waals surface area (Å²) in [6.07, 6.45) is 2.41. The quantitative estimate of drug-likeness (QED) is 0.836. The summed E-state index contributed by atoms with van der Waals surface area (Å²) in [4.78, 5) is 18.2. The third kappa shape index (κ3) is 4.25. The van der Waals surface area contributed by atoms with E-state index in [1.165, 1.54) is 6.39 Å². The van der Waals surface area contributed by atoms with E-state index in [0.717, 1.165) is 0 Å². The fourth-order valence-corrected chi connectivity index (χ4v) is 4.58. The van der Waals surface area contributed by atoms with E-state index in [1.54, 1.807) is 36.1 Å². The van der Waals surface area contributed by atoms with Crippen LogP contribution in [0.25, 0.3) is 0 Å². The fraction of sp³-hybridized carbons (Fsp3) is 0.412. The zero-order valence-corrected chi connectivity index (χ0v) is 15.9. The lowest BCUT2D eigenvalue weighted by Gasteiger charge is -2.32. The number of amides is 1. The third-order valence-corrected chi connectivity index (χ3v) is 6.51. The van der Waals surface area contributed by atoms with E-state index < -0.39 is 15.3 Å². The van der Waals surface area contributed by atoms with E-state index in [2.05, 4.69) is 9.71 Å². The van der Waals surface area contributed by atoms with Gasteiger partial charge in [-0.3, -0.25) is 4.79 Å². The van der Waals surface area contributed by atoms with Gasteiger partial charge >= 0.3 is 0 Å². The molecule has 0 bridgehead atoms. The van der Waals surface area contributed by atoms with Crippen molar-refractivity contribution in [3.05, 3.63) is 52.7 Å². The van der Waals surface area contributed by atoms with Gasteiger partial charge < -0.3 is 9.32 Å². The number of halogens is 1. The number of hydrogen-bond donors (Lipinski definition) is 1. The van der Waals surface area contributed by atoms with Crippen molar-refractivity contribution < 1.29 is 17.6 Å². The molecule has 3 rings (SSSR count). The molecule has 0 spiro atoms. The van der Waals surface area contributed by atoms with Crippen molar-refractivity contribution in [2.45, 2.75) is 31.6 Å². The molecule has 1 aliphatic heterocycles. The van der Waals surface area contributed by atoms with Crippen LogP contribution < -0.4 is 4.72 Å². The van der Waals surface area contributed by atoms with Gasteiger partial charge in [-0.1, -0.05) is 17.7 Å². The Bertz CT molecular complexity index is 897. The summed E-state index contributed by atoms with van der Waals surface area (Å²) in [5.41, 5.74) is 1.01. The van der Waals surface area contributed by atoms with E-state index in [9.17, 15) is 13.2 Å². The minimum absolute atomic E-state index is 0.0728. The van der Waals surface area contributed by atoms with Gasteiger partial charge in [0, 0.05) is 23.7 Å². The number of benzene rings is 1.